The number of halogens is 1. The van der Waals surface area contributed by atoms with Crippen molar-refractivity contribution < 1.29 is 4.79 Å². The number of carbonyl (C=O) groups is 1. The highest BCUT2D eigenvalue weighted by molar-refractivity contribution is 6.31. The smallest absolute Gasteiger partial charge is 0.253 e. The van der Waals surface area contributed by atoms with Crippen molar-refractivity contribution >= 4 is 39.8 Å². The number of nitrogens with one attached hydrogen (secondary N) is 2. The summed E-state index contributed by atoms with van der Waals surface area (Å²) in [7, 11) is 0. The Kier molecular flexibility index (Phi) is 4.91. The van der Waals surface area contributed by atoms with Gasteiger partial charge in [-0.05, 0) is 43.9 Å². The maximum absolute atomic E-state index is 12.4. The van der Waals surface area contributed by atoms with Gasteiger partial charge in [0.15, 0.2) is 0 Å². The van der Waals surface area contributed by atoms with Crippen LogP contribution >= 0.6 is 11.6 Å². The number of anilines is 2. The standard InChI is InChI=1S/C20H20ClN3O/c1-12(2)23-20(25)17-11-22-19(16-7-5-4-6-15(16)17)24-14-9-8-13(3)18(21)10-14/h4-12H,1-3H3,(H,22,24)(H,23,25). The first-order valence-electron chi connectivity index (χ1n) is 8.17. The fraction of sp³-hybridized carbons (Fsp3) is 0.200. The fourth-order valence-electron chi connectivity index (χ4n) is 2.62. The van der Waals surface area contributed by atoms with Crippen molar-refractivity contribution in [2.75, 3.05) is 5.32 Å². The summed E-state index contributed by atoms with van der Waals surface area (Å²) >= 11 is 6.20. The minimum Gasteiger partial charge on any atom is -0.350 e. The monoisotopic (exact) mass is 353 g/mol. The normalized spacial score (nSPS) is 10.9. The molecule has 1 aromatic heterocycles. The molecule has 2 aromatic carbocycles. The highest BCUT2D eigenvalue weighted by atomic mass is 35.5. The number of hydrogen-bond acceptors (Lipinski definition) is 3. The van der Waals surface area contributed by atoms with Gasteiger partial charge in [0.05, 0.1) is 5.56 Å². The molecule has 2 N–H and O–H groups in total. The number of pyridine rings is 1. The van der Waals surface area contributed by atoms with E-state index >= 15 is 0 Å². The Labute approximate surface area is 152 Å². The second-order valence-corrected chi connectivity index (χ2v) is 6.69. The predicted octanol–water partition coefficient (Wildman–Crippen LogP) is 5.08. The maximum Gasteiger partial charge on any atom is 0.253 e. The fourth-order valence-corrected chi connectivity index (χ4v) is 2.80. The molecule has 25 heavy (non-hydrogen) atoms. The van der Waals surface area contributed by atoms with E-state index in [1.165, 1.54) is 0 Å². The van der Waals surface area contributed by atoms with Gasteiger partial charge in [0.1, 0.15) is 5.82 Å². The predicted molar refractivity (Wildman–Crippen MR) is 104 cm³/mol. The zero-order chi connectivity index (χ0) is 18.0. The molecular formula is C20H20ClN3O. The van der Waals surface area contributed by atoms with Gasteiger partial charge < -0.3 is 10.6 Å². The Morgan fingerprint density at radius 3 is 2.52 bits per heavy atom. The molecule has 4 nitrogen and oxygen atoms in total. The van der Waals surface area contributed by atoms with Crippen LogP contribution in [0.3, 0.4) is 0 Å². The molecule has 0 aliphatic carbocycles. The molecule has 0 saturated heterocycles. The SMILES string of the molecule is Cc1ccc(Nc2ncc(C(=O)NC(C)C)c3ccccc23)cc1Cl. The molecule has 0 aliphatic rings. The van der Waals surface area contributed by atoms with Crippen LogP contribution in [0.25, 0.3) is 10.8 Å². The molecule has 1 amide bonds. The van der Waals surface area contributed by atoms with Crippen LogP contribution in [0.2, 0.25) is 5.02 Å². The van der Waals surface area contributed by atoms with Crippen LogP contribution < -0.4 is 10.6 Å². The van der Waals surface area contributed by atoms with E-state index in [1.807, 2.05) is 63.2 Å². The Morgan fingerprint density at radius 2 is 1.84 bits per heavy atom. The molecule has 0 saturated carbocycles. The van der Waals surface area contributed by atoms with Crippen molar-refractivity contribution in [2.24, 2.45) is 0 Å². The van der Waals surface area contributed by atoms with E-state index in [1.54, 1.807) is 6.20 Å². The van der Waals surface area contributed by atoms with Crippen LogP contribution in [0.5, 0.6) is 0 Å². The minimum atomic E-state index is -0.122. The lowest BCUT2D eigenvalue weighted by Gasteiger charge is -2.14. The van der Waals surface area contributed by atoms with Gasteiger partial charge >= 0.3 is 0 Å². The number of rotatable bonds is 4. The van der Waals surface area contributed by atoms with Gasteiger partial charge in [-0.1, -0.05) is 41.9 Å². The highest BCUT2D eigenvalue weighted by Gasteiger charge is 2.14. The molecule has 0 aliphatic heterocycles. The van der Waals surface area contributed by atoms with Crippen molar-refractivity contribution in [2.45, 2.75) is 26.8 Å². The van der Waals surface area contributed by atoms with Gasteiger partial charge in [0.2, 0.25) is 0 Å². The second-order valence-electron chi connectivity index (χ2n) is 6.28. The minimum absolute atomic E-state index is 0.0683. The largest absolute Gasteiger partial charge is 0.350 e. The molecule has 3 rings (SSSR count). The lowest BCUT2D eigenvalue weighted by Crippen LogP contribution is -2.30. The Morgan fingerprint density at radius 1 is 1.12 bits per heavy atom. The van der Waals surface area contributed by atoms with Crippen molar-refractivity contribution in [3.63, 3.8) is 0 Å². The number of aromatic nitrogens is 1. The molecule has 3 aromatic rings. The average molecular weight is 354 g/mol. The average Bonchev–Trinajstić information content (AvgIpc) is 2.58. The first kappa shape index (κ1) is 17.2. The van der Waals surface area contributed by atoms with Crippen LogP contribution in [0.1, 0.15) is 29.8 Å². The number of hydrogen-bond donors (Lipinski definition) is 2. The van der Waals surface area contributed by atoms with Gasteiger partial charge in [0.25, 0.3) is 5.91 Å². The van der Waals surface area contributed by atoms with E-state index in [9.17, 15) is 4.79 Å². The van der Waals surface area contributed by atoms with E-state index < -0.39 is 0 Å². The Balaban J connectivity index is 2.03. The van der Waals surface area contributed by atoms with E-state index in [4.69, 9.17) is 11.6 Å². The summed E-state index contributed by atoms with van der Waals surface area (Å²) in [5, 5.41) is 8.65. The second kappa shape index (κ2) is 7.11. The number of fused-ring (bicyclic) bond motifs is 1. The van der Waals surface area contributed by atoms with Gasteiger partial charge in [-0.25, -0.2) is 4.98 Å². The van der Waals surface area contributed by atoms with Crippen molar-refractivity contribution in [3.8, 4) is 0 Å². The summed E-state index contributed by atoms with van der Waals surface area (Å²) in [6.07, 6.45) is 1.61. The summed E-state index contributed by atoms with van der Waals surface area (Å²) in [5.74, 6) is 0.570. The number of aryl methyl sites for hydroxylation is 1. The van der Waals surface area contributed by atoms with Crippen LogP contribution in [0.4, 0.5) is 11.5 Å². The number of nitrogens with zero attached hydrogens (tertiary/aromatic N) is 1. The van der Waals surface area contributed by atoms with Crippen molar-refractivity contribution in [1.82, 2.24) is 10.3 Å². The molecule has 0 bridgehead atoms. The molecular weight excluding hydrogens is 334 g/mol. The zero-order valence-electron chi connectivity index (χ0n) is 14.4. The quantitative estimate of drug-likeness (QED) is 0.687. The van der Waals surface area contributed by atoms with Gasteiger partial charge in [0, 0.05) is 28.3 Å². The Hall–Kier alpha value is -2.59. The molecule has 0 fully saturated rings. The maximum atomic E-state index is 12.4. The topological polar surface area (TPSA) is 54.0 Å². The third kappa shape index (κ3) is 3.74. The first-order valence-corrected chi connectivity index (χ1v) is 8.55. The van der Waals surface area contributed by atoms with Gasteiger partial charge in [-0.2, -0.15) is 0 Å². The molecule has 1 heterocycles. The van der Waals surface area contributed by atoms with Crippen molar-refractivity contribution in [3.05, 3.63) is 64.8 Å². The number of amides is 1. The summed E-state index contributed by atoms with van der Waals surface area (Å²) < 4.78 is 0. The van der Waals surface area contributed by atoms with Crippen LogP contribution in [0.15, 0.2) is 48.7 Å². The van der Waals surface area contributed by atoms with Crippen molar-refractivity contribution in [1.29, 1.82) is 0 Å². The highest BCUT2D eigenvalue weighted by Crippen LogP contribution is 2.28. The summed E-state index contributed by atoms with van der Waals surface area (Å²) in [6.45, 7) is 5.83. The number of benzene rings is 2. The lowest BCUT2D eigenvalue weighted by atomic mass is 10.1. The first-order chi connectivity index (χ1) is 12.0. The third-order valence-corrected chi connectivity index (χ3v) is 4.30. The van der Waals surface area contributed by atoms with Crippen LogP contribution in [-0.4, -0.2) is 16.9 Å². The van der Waals surface area contributed by atoms with Gasteiger partial charge in [-0.3, -0.25) is 4.79 Å². The summed E-state index contributed by atoms with van der Waals surface area (Å²) in [5.41, 5.74) is 2.44. The Bertz CT molecular complexity index is 937. The van der Waals surface area contributed by atoms with Crippen LogP contribution in [0, 0.1) is 6.92 Å². The van der Waals surface area contributed by atoms with E-state index in [0.717, 1.165) is 22.0 Å². The molecule has 0 atom stereocenters. The third-order valence-electron chi connectivity index (χ3n) is 3.89. The molecule has 0 radical (unpaired) electrons. The molecule has 128 valence electrons. The molecule has 5 heteroatoms. The summed E-state index contributed by atoms with van der Waals surface area (Å²) in [4.78, 5) is 16.9. The van der Waals surface area contributed by atoms with E-state index in [0.29, 0.717) is 16.4 Å². The molecule has 0 unspecified atom stereocenters. The summed E-state index contributed by atoms with van der Waals surface area (Å²) in [6, 6.07) is 13.6. The van der Waals surface area contributed by atoms with Crippen LogP contribution in [-0.2, 0) is 0 Å². The zero-order valence-corrected chi connectivity index (χ0v) is 15.2. The number of carbonyl (C=O) groups excluding carboxylic acids is 1. The lowest BCUT2D eigenvalue weighted by molar-refractivity contribution is 0.0944. The molecule has 0 spiro atoms. The van der Waals surface area contributed by atoms with E-state index in [2.05, 4.69) is 15.6 Å². The van der Waals surface area contributed by atoms with E-state index in [-0.39, 0.29) is 11.9 Å². The van der Waals surface area contributed by atoms with Gasteiger partial charge in [-0.15, -0.1) is 0 Å².